The fourth-order valence-electron chi connectivity index (χ4n) is 0.948. The minimum absolute atomic E-state index is 0.274. The van der Waals surface area contributed by atoms with Crippen LogP contribution in [0.25, 0.3) is 0 Å². The van der Waals surface area contributed by atoms with Crippen LogP contribution in [-0.2, 0) is 0 Å². The van der Waals surface area contributed by atoms with E-state index >= 15 is 0 Å². The van der Waals surface area contributed by atoms with Crippen molar-refractivity contribution >= 4 is 17.3 Å². The molecule has 2 N–H and O–H groups in total. The van der Waals surface area contributed by atoms with E-state index in [1.165, 1.54) is 5.01 Å². The lowest BCUT2D eigenvalue weighted by atomic mass is 10.4. The molecule has 62 valence electrons. The third kappa shape index (κ3) is 1.01. The third-order valence-corrected chi connectivity index (χ3v) is 1.83. The molecule has 1 unspecified atom stereocenters. The zero-order valence-electron chi connectivity index (χ0n) is 6.04. The van der Waals surface area contributed by atoms with Crippen LogP contribution in [0.5, 0.6) is 0 Å². The summed E-state index contributed by atoms with van der Waals surface area (Å²) in [4.78, 5) is 0. The Balaban J connectivity index is 2.28. The van der Waals surface area contributed by atoms with Gasteiger partial charge in [0.15, 0.2) is 5.76 Å². The van der Waals surface area contributed by atoms with Crippen LogP contribution in [0.4, 0.5) is 0 Å². The Morgan fingerprint density at radius 2 is 2.50 bits per heavy atom. The molecule has 6 heteroatoms. The van der Waals surface area contributed by atoms with E-state index in [0.29, 0.717) is 5.76 Å². The Morgan fingerprint density at radius 1 is 1.67 bits per heavy atom. The fourth-order valence-corrected chi connectivity index (χ4v) is 1.10. The molecule has 0 aliphatic carbocycles. The highest BCUT2D eigenvalue weighted by atomic mass is 32.1. The van der Waals surface area contributed by atoms with Crippen molar-refractivity contribution in [2.45, 2.75) is 6.17 Å². The highest BCUT2D eigenvalue weighted by Gasteiger charge is 2.27. The monoisotopic (exact) mass is 182 g/mol. The molecule has 0 fully saturated rings. The zero-order valence-corrected chi connectivity index (χ0v) is 6.86. The van der Waals surface area contributed by atoms with Gasteiger partial charge in [0.2, 0.25) is 11.3 Å². The summed E-state index contributed by atoms with van der Waals surface area (Å²) in [5.74, 6) is 6.20. The van der Waals surface area contributed by atoms with Gasteiger partial charge in [-0.15, -0.1) is 5.11 Å². The smallest absolute Gasteiger partial charge is 0.232 e. The highest BCUT2D eigenvalue weighted by molar-refractivity contribution is 7.80. The number of hydrogen-bond donors (Lipinski definition) is 1. The summed E-state index contributed by atoms with van der Waals surface area (Å²) < 4.78 is 5.10. The van der Waals surface area contributed by atoms with E-state index in [1.54, 1.807) is 18.4 Å². The molecule has 0 aromatic carbocycles. The summed E-state index contributed by atoms with van der Waals surface area (Å²) in [6, 6.07) is 3.54. The van der Waals surface area contributed by atoms with Gasteiger partial charge in [0.1, 0.15) is 0 Å². The standard InChI is InChI=1S/C6H6N4OS/c7-10-5(8-9-6(10)12)4-2-1-3-11-4/h1-3,5H,7H2. The molecule has 1 aliphatic heterocycles. The Bertz CT molecular complexity index is 320. The number of thiocarbonyl (C=S) groups is 1. The van der Waals surface area contributed by atoms with Crippen LogP contribution < -0.4 is 5.84 Å². The number of hydrogen-bond acceptors (Lipinski definition) is 4. The van der Waals surface area contributed by atoms with Crippen molar-refractivity contribution in [3.05, 3.63) is 24.2 Å². The maximum atomic E-state index is 5.56. The predicted molar refractivity (Wildman–Crippen MR) is 44.9 cm³/mol. The van der Waals surface area contributed by atoms with E-state index in [0.717, 1.165) is 0 Å². The summed E-state index contributed by atoms with van der Waals surface area (Å²) in [6.07, 6.45) is 1.16. The first-order chi connectivity index (χ1) is 5.79. The minimum atomic E-state index is -0.396. The molecule has 12 heavy (non-hydrogen) atoms. The SMILES string of the molecule is NN1C(=S)N=NC1c1ccco1. The largest absolute Gasteiger partial charge is 0.465 e. The molecule has 1 aliphatic rings. The second-order valence-corrected chi connectivity index (χ2v) is 2.66. The second kappa shape index (κ2) is 2.65. The van der Waals surface area contributed by atoms with Gasteiger partial charge in [-0.25, -0.2) is 10.9 Å². The topological polar surface area (TPSA) is 67.1 Å². The molecule has 0 amide bonds. The Morgan fingerprint density at radius 3 is 3.00 bits per heavy atom. The maximum absolute atomic E-state index is 5.56. The molecule has 2 rings (SSSR count). The lowest BCUT2D eigenvalue weighted by Crippen LogP contribution is -2.33. The van der Waals surface area contributed by atoms with Crippen LogP contribution in [0.2, 0.25) is 0 Å². The summed E-state index contributed by atoms with van der Waals surface area (Å²) in [7, 11) is 0. The van der Waals surface area contributed by atoms with Crippen LogP contribution in [0.15, 0.2) is 33.0 Å². The van der Waals surface area contributed by atoms with Crippen LogP contribution in [0.1, 0.15) is 11.9 Å². The number of furan rings is 1. The molecule has 0 saturated carbocycles. The van der Waals surface area contributed by atoms with E-state index in [4.69, 9.17) is 22.5 Å². The van der Waals surface area contributed by atoms with Crippen molar-refractivity contribution < 1.29 is 4.42 Å². The maximum Gasteiger partial charge on any atom is 0.232 e. The lowest BCUT2D eigenvalue weighted by Gasteiger charge is -2.13. The van der Waals surface area contributed by atoms with Crippen LogP contribution in [-0.4, -0.2) is 10.1 Å². The molecule has 1 aromatic rings. The van der Waals surface area contributed by atoms with Crippen LogP contribution in [0, 0.1) is 0 Å². The van der Waals surface area contributed by atoms with E-state index in [9.17, 15) is 0 Å². The van der Waals surface area contributed by atoms with E-state index in [1.807, 2.05) is 0 Å². The second-order valence-electron chi connectivity index (χ2n) is 2.29. The Labute approximate surface area is 73.8 Å². The van der Waals surface area contributed by atoms with Gasteiger partial charge in [-0.3, -0.25) is 0 Å². The summed E-state index contributed by atoms with van der Waals surface area (Å²) >= 11 is 4.79. The fraction of sp³-hybridized carbons (Fsp3) is 0.167. The van der Waals surface area contributed by atoms with Gasteiger partial charge in [-0.1, -0.05) is 0 Å². The summed E-state index contributed by atoms with van der Waals surface area (Å²) in [5.41, 5.74) is 0. The quantitative estimate of drug-likeness (QED) is 0.523. The van der Waals surface area contributed by atoms with Crippen molar-refractivity contribution in [3.8, 4) is 0 Å². The molecule has 1 atom stereocenters. The normalized spacial score (nSPS) is 22.2. The number of azo groups is 1. The zero-order chi connectivity index (χ0) is 8.55. The molecule has 0 spiro atoms. The highest BCUT2D eigenvalue weighted by Crippen LogP contribution is 2.25. The molecular formula is C6H6N4OS. The van der Waals surface area contributed by atoms with Crippen LogP contribution in [0.3, 0.4) is 0 Å². The van der Waals surface area contributed by atoms with Crippen molar-refractivity contribution in [1.82, 2.24) is 5.01 Å². The number of nitrogens with two attached hydrogens (primary N) is 1. The molecule has 0 radical (unpaired) electrons. The van der Waals surface area contributed by atoms with E-state index < -0.39 is 6.17 Å². The number of nitrogens with zero attached hydrogens (tertiary/aromatic N) is 3. The van der Waals surface area contributed by atoms with Crippen molar-refractivity contribution in [2.24, 2.45) is 16.1 Å². The number of hydrazine groups is 1. The van der Waals surface area contributed by atoms with Gasteiger partial charge in [0, 0.05) is 0 Å². The van der Waals surface area contributed by atoms with Gasteiger partial charge >= 0.3 is 0 Å². The molecule has 1 aromatic heterocycles. The van der Waals surface area contributed by atoms with Crippen molar-refractivity contribution in [3.63, 3.8) is 0 Å². The van der Waals surface area contributed by atoms with Crippen LogP contribution >= 0.6 is 12.2 Å². The first-order valence-electron chi connectivity index (χ1n) is 3.31. The summed E-state index contributed by atoms with van der Waals surface area (Å²) in [6.45, 7) is 0. The number of rotatable bonds is 1. The third-order valence-electron chi connectivity index (χ3n) is 1.53. The lowest BCUT2D eigenvalue weighted by molar-refractivity contribution is 0.307. The van der Waals surface area contributed by atoms with Crippen molar-refractivity contribution in [1.29, 1.82) is 0 Å². The van der Waals surface area contributed by atoms with Crippen molar-refractivity contribution in [2.75, 3.05) is 0 Å². The van der Waals surface area contributed by atoms with Gasteiger partial charge in [-0.05, 0) is 24.4 Å². The molecule has 0 bridgehead atoms. The Hall–Kier alpha value is -1.27. The van der Waals surface area contributed by atoms with Gasteiger partial charge in [0.25, 0.3) is 0 Å². The molecular weight excluding hydrogens is 176 g/mol. The van der Waals surface area contributed by atoms with E-state index in [2.05, 4.69) is 10.2 Å². The molecule has 5 nitrogen and oxygen atoms in total. The summed E-state index contributed by atoms with van der Waals surface area (Å²) in [5, 5.41) is 9.04. The predicted octanol–water partition coefficient (Wildman–Crippen LogP) is 1.20. The van der Waals surface area contributed by atoms with Gasteiger partial charge < -0.3 is 4.42 Å². The minimum Gasteiger partial charge on any atom is -0.465 e. The van der Waals surface area contributed by atoms with Gasteiger partial charge in [-0.2, -0.15) is 5.11 Å². The van der Waals surface area contributed by atoms with Gasteiger partial charge in [0.05, 0.1) is 6.26 Å². The Kier molecular flexibility index (Phi) is 1.63. The first-order valence-corrected chi connectivity index (χ1v) is 3.72. The first kappa shape index (κ1) is 7.38. The molecule has 2 heterocycles. The van der Waals surface area contributed by atoms with E-state index in [-0.39, 0.29) is 5.11 Å². The average molecular weight is 182 g/mol. The molecule has 0 saturated heterocycles. The average Bonchev–Trinajstić information content (AvgIpc) is 2.64.